The Bertz CT molecular complexity index is 647. The van der Waals surface area contributed by atoms with E-state index in [1.54, 1.807) is 12.1 Å². The molecule has 1 aromatic carbocycles. The first-order chi connectivity index (χ1) is 8.97. The number of alkyl halides is 3. The van der Waals surface area contributed by atoms with Gasteiger partial charge in [-0.2, -0.15) is 13.2 Å². The van der Waals surface area contributed by atoms with E-state index in [2.05, 4.69) is 4.98 Å². The molecule has 0 amide bonds. The molecule has 20 heavy (non-hydrogen) atoms. The van der Waals surface area contributed by atoms with Crippen molar-refractivity contribution in [1.82, 2.24) is 4.98 Å². The minimum atomic E-state index is -4.34. The predicted molar refractivity (Wildman–Crippen MR) is 77.3 cm³/mol. The van der Waals surface area contributed by atoms with E-state index in [9.17, 15) is 13.2 Å². The molecule has 2 aromatic rings. The van der Waals surface area contributed by atoms with Gasteiger partial charge >= 0.3 is 6.18 Å². The molecular weight excluding hydrogens is 265 g/mol. The van der Waals surface area contributed by atoms with Crippen molar-refractivity contribution >= 4 is 26.8 Å². The van der Waals surface area contributed by atoms with Gasteiger partial charge in [0.05, 0.1) is 5.41 Å². The van der Waals surface area contributed by atoms with E-state index in [4.69, 9.17) is 4.42 Å². The molecular formula is C13H16B2F3NO. The standard InChI is InChI=1S/C13H16B2F3NO/c1-7-4-5-9-8(6-7)19-10(20-9)12(14,15)11(2,3)13(16,17)18/h4-6H,14-15H2,1-3H3. The summed E-state index contributed by atoms with van der Waals surface area (Å²) in [6.07, 6.45) is -4.34. The molecule has 0 N–H and O–H groups in total. The van der Waals surface area contributed by atoms with Crippen LogP contribution in [0.25, 0.3) is 11.1 Å². The van der Waals surface area contributed by atoms with Gasteiger partial charge in [0.25, 0.3) is 0 Å². The number of hydrogen-bond donors (Lipinski definition) is 0. The summed E-state index contributed by atoms with van der Waals surface area (Å²) in [5.74, 6) is 0.112. The predicted octanol–water partition coefficient (Wildman–Crippen LogP) is 2.14. The molecule has 0 spiro atoms. The molecule has 1 heterocycles. The monoisotopic (exact) mass is 281 g/mol. The summed E-state index contributed by atoms with van der Waals surface area (Å²) in [7, 11) is 3.02. The third-order valence-electron chi connectivity index (χ3n) is 4.35. The van der Waals surface area contributed by atoms with Gasteiger partial charge in [0.2, 0.25) is 0 Å². The van der Waals surface area contributed by atoms with Crippen molar-refractivity contribution < 1.29 is 17.6 Å². The number of aryl methyl sites for hydroxylation is 1. The molecule has 0 aliphatic rings. The van der Waals surface area contributed by atoms with Crippen LogP contribution >= 0.6 is 0 Å². The highest BCUT2D eigenvalue weighted by atomic mass is 19.4. The van der Waals surface area contributed by atoms with Crippen LogP contribution in [0, 0.1) is 12.3 Å². The molecule has 0 saturated heterocycles. The lowest BCUT2D eigenvalue weighted by Gasteiger charge is -2.40. The zero-order valence-corrected chi connectivity index (χ0v) is 12.2. The van der Waals surface area contributed by atoms with Crippen LogP contribution in [0.5, 0.6) is 0 Å². The van der Waals surface area contributed by atoms with E-state index in [0.29, 0.717) is 11.1 Å². The van der Waals surface area contributed by atoms with Crippen LogP contribution in [0.1, 0.15) is 25.3 Å². The molecule has 0 unspecified atom stereocenters. The van der Waals surface area contributed by atoms with Crippen LogP contribution in [0.15, 0.2) is 22.6 Å². The van der Waals surface area contributed by atoms with Crippen molar-refractivity contribution in [3.05, 3.63) is 29.7 Å². The highest BCUT2D eigenvalue weighted by Gasteiger charge is 2.58. The van der Waals surface area contributed by atoms with Crippen molar-refractivity contribution in [3.63, 3.8) is 0 Å². The SMILES string of the molecule is BC(B)(c1nc2cc(C)ccc2o1)C(C)(C)C(F)(F)F. The average molecular weight is 281 g/mol. The Morgan fingerprint density at radius 2 is 1.75 bits per heavy atom. The smallest absolute Gasteiger partial charge is 0.393 e. The fraction of sp³-hybridized carbons (Fsp3) is 0.462. The van der Waals surface area contributed by atoms with Crippen molar-refractivity contribution in [1.29, 1.82) is 0 Å². The van der Waals surface area contributed by atoms with Crippen LogP contribution in [0.3, 0.4) is 0 Å². The average Bonchev–Trinajstić information content (AvgIpc) is 2.70. The fourth-order valence-corrected chi connectivity index (χ4v) is 1.93. The number of aromatic nitrogens is 1. The second kappa shape index (κ2) is 4.30. The number of benzene rings is 1. The van der Waals surface area contributed by atoms with Crippen LogP contribution in [0.2, 0.25) is 0 Å². The Hall–Kier alpha value is -1.39. The quantitative estimate of drug-likeness (QED) is 0.788. The molecule has 2 nitrogen and oxygen atoms in total. The zero-order chi connectivity index (χ0) is 15.3. The van der Waals surface area contributed by atoms with Crippen molar-refractivity contribution in [2.75, 3.05) is 0 Å². The largest absolute Gasteiger partial charge is 0.442 e. The van der Waals surface area contributed by atoms with E-state index in [1.165, 1.54) is 29.5 Å². The Morgan fingerprint density at radius 3 is 2.30 bits per heavy atom. The molecule has 1 aromatic heterocycles. The summed E-state index contributed by atoms with van der Waals surface area (Å²) in [6.45, 7) is 4.25. The third kappa shape index (κ3) is 2.13. The maximum Gasteiger partial charge on any atom is 0.393 e. The molecule has 0 fully saturated rings. The van der Waals surface area contributed by atoms with E-state index in [1.807, 2.05) is 13.0 Å². The second-order valence-electron chi connectivity index (χ2n) is 6.24. The third-order valence-corrected chi connectivity index (χ3v) is 4.35. The summed E-state index contributed by atoms with van der Waals surface area (Å²) in [6, 6.07) is 5.38. The summed E-state index contributed by atoms with van der Waals surface area (Å²) in [5.41, 5.74) is 0.142. The first kappa shape index (κ1) is 15.0. The van der Waals surface area contributed by atoms with E-state index in [0.717, 1.165) is 5.56 Å². The van der Waals surface area contributed by atoms with Gasteiger partial charge < -0.3 is 4.42 Å². The first-order valence-corrected chi connectivity index (χ1v) is 6.41. The van der Waals surface area contributed by atoms with Gasteiger partial charge in [-0.05, 0) is 24.6 Å². The molecule has 106 valence electrons. The van der Waals surface area contributed by atoms with Gasteiger partial charge in [0.15, 0.2) is 11.5 Å². The maximum absolute atomic E-state index is 13.3. The van der Waals surface area contributed by atoms with Crippen molar-refractivity contribution in [2.45, 2.75) is 32.2 Å². The lowest BCUT2D eigenvalue weighted by molar-refractivity contribution is -0.218. The molecule has 2 rings (SSSR count). The Morgan fingerprint density at radius 1 is 1.15 bits per heavy atom. The minimum Gasteiger partial charge on any atom is -0.442 e. The van der Waals surface area contributed by atoms with Crippen LogP contribution < -0.4 is 0 Å². The normalized spacial score (nSPS) is 13.9. The lowest BCUT2D eigenvalue weighted by atomic mass is 9.42. The fourth-order valence-electron chi connectivity index (χ4n) is 1.93. The number of nitrogens with zero attached hydrogens (tertiary/aromatic N) is 1. The van der Waals surface area contributed by atoms with Gasteiger partial charge in [0, 0.05) is 5.21 Å². The highest BCUT2D eigenvalue weighted by Crippen LogP contribution is 2.48. The van der Waals surface area contributed by atoms with Gasteiger partial charge in [-0.15, -0.1) is 0 Å². The lowest BCUT2D eigenvalue weighted by Crippen LogP contribution is -2.52. The number of fused-ring (bicyclic) bond motifs is 1. The van der Waals surface area contributed by atoms with E-state index >= 15 is 0 Å². The van der Waals surface area contributed by atoms with Gasteiger partial charge in [-0.25, -0.2) is 4.98 Å². The maximum atomic E-state index is 13.3. The van der Waals surface area contributed by atoms with Crippen LogP contribution in [0.4, 0.5) is 13.2 Å². The molecule has 0 aliphatic carbocycles. The van der Waals surface area contributed by atoms with E-state index in [-0.39, 0.29) is 5.89 Å². The zero-order valence-electron chi connectivity index (χ0n) is 12.2. The van der Waals surface area contributed by atoms with Crippen LogP contribution in [-0.2, 0) is 5.21 Å². The number of oxazole rings is 1. The van der Waals surface area contributed by atoms with Crippen LogP contribution in [-0.4, -0.2) is 26.9 Å². The molecule has 0 radical (unpaired) electrons. The van der Waals surface area contributed by atoms with Gasteiger partial charge in [0.1, 0.15) is 21.2 Å². The van der Waals surface area contributed by atoms with Gasteiger partial charge in [-0.3, -0.25) is 0 Å². The second-order valence-corrected chi connectivity index (χ2v) is 6.24. The summed E-state index contributed by atoms with van der Waals surface area (Å²) in [5, 5.41) is -1.27. The minimum absolute atomic E-state index is 0.112. The molecule has 7 heteroatoms. The van der Waals surface area contributed by atoms with Crippen molar-refractivity contribution in [2.24, 2.45) is 5.41 Å². The number of rotatable bonds is 2. The van der Waals surface area contributed by atoms with E-state index < -0.39 is 16.8 Å². The molecule has 0 aliphatic heterocycles. The topological polar surface area (TPSA) is 26.0 Å². The molecule has 0 saturated carbocycles. The van der Waals surface area contributed by atoms with Gasteiger partial charge in [-0.1, -0.05) is 19.9 Å². The number of halogens is 3. The molecule has 0 bridgehead atoms. The Labute approximate surface area is 117 Å². The Kier molecular flexibility index (Phi) is 3.23. The Balaban J connectivity index is 2.57. The molecule has 0 atom stereocenters. The number of hydrogen-bond acceptors (Lipinski definition) is 2. The highest BCUT2D eigenvalue weighted by molar-refractivity contribution is 6.40. The summed E-state index contributed by atoms with van der Waals surface area (Å²) in [4.78, 5) is 4.26. The van der Waals surface area contributed by atoms with Crippen molar-refractivity contribution in [3.8, 4) is 0 Å². The first-order valence-electron chi connectivity index (χ1n) is 6.41. The summed E-state index contributed by atoms with van der Waals surface area (Å²) < 4.78 is 45.4. The summed E-state index contributed by atoms with van der Waals surface area (Å²) >= 11 is 0.